The molecule has 0 unspecified atom stereocenters. The topological polar surface area (TPSA) is 87.6 Å². The fourth-order valence-electron chi connectivity index (χ4n) is 4.51. The van der Waals surface area contributed by atoms with E-state index in [4.69, 9.17) is 4.74 Å². The molecule has 0 fully saturated rings. The van der Waals surface area contributed by atoms with Crippen LogP contribution in [0.2, 0.25) is 0 Å². The molecule has 0 spiro atoms. The number of esters is 1. The summed E-state index contributed by atoms with van der Waals surface area (Å²) >= 11 is 1.27. The van der Waals surface area contributed by atoms with Crippen molar-refractivity contribution >= 4 is 34.4 Å². The summed E-state index contributed by atoms with van der Waals surface area (Å²) in [6.45, 7) is 3.75. The van der Waals surface area contributed by atoms with Crippen LogP contribution in [-0.2, 0) is 23.6 Å². The van der Waals surface area contributed by atoms with E-state index in [2.05, 4.69) is 4.99 Å². The third-order valence-electron chi connectivity index (χ3n) is 6.23. The second-order valence-electron chi connectivity index (χ2n) is 8.36. The van der Waals surface area contributed by atoms with Gasteiger partial charge in [-0.25, -0.2) is 14.6 Å². The second kappa shape index (κ2) is 8.66. The van der Waals surface area contributed by atoms with Gasteiger partial charge in [0.15, 0.2) is 4.80 Å². The Kier molecular flexibility index (Phi) is 5.64. The third-order valence-corrected chi connectivity index (χ3v) is 7.21. The molecular weight excluding hydrogens is 464 g/mol. The molecule has 0 saturated heterocycles. The van der Waals surface area contributed by atoms with Crippen molar-refractivity contribution in [3.8, 4) is 0 Å². The molecule has 0 amide bonds. The smallest absolute Gasteiger partial charge is 0.338 e. The van der Waals surface area contributed by atoms with Gasteiger partial charge in [-0.2, -0.15) is 0 Å². The molecule has 35 heavy (non-hydrogen) atoms. The van der Waals surface area contributed by atoms with Gasteiger partial charge in [0.25, 0.3) is 5.56 Å². The maximum Gasteiger partial charge on any atom is 0.338 e. The monoisotopic (exact) mass is 488 g/mol. The van der Waals surface area contributed by atoms with E-state index in [1.807, 2.05) is 48.5 Å². The predicted octanol–water partition coefficient (Wildman–Crippen LogP) is 1.99. The minimum Gasteiger partial charge on any atom is -0.463 e. The van der Waals surface area contributed by atoms with E-state index in [-0.39, 0.29) is 17.9 Å². The number of thiazole rings is 1. The van der Waals surface area contributed by atoms with Gasteiger partial charge in [-0.15, -0.1) is 0 Å². The third kappa shape index (κ3) is 3.68. The first-order valence-electron chi connectivity index (χ1n) is 11.2. The molecule has 9 heteroatoms. The molecule has 1 atom stereocenters. The maximum atomic E-state index is 13.7. The summed E-state index contributed by atoms with van der Waals surface area (Å²) in [6.07, 6.45) is 1.80. The number of benzene rings is 2. The lowest BCUT2D eigenvalue weighted by atomic mass is 9.96. The predicted molar refractivity (Wildman–Crippen MR) is 135 cm³/mol. The van der Waals surface area contributed by atoms with Crippen LogP contribution in [0.3, 0.4) is 0 Å². The standard InChI is InChI=1S/C26H24N4O4S/c1-5-34-24(32)21-15(2)27-25-30(22(21)17-9-7-6-8-10-17)23(31)20(35-25)14-16-11-12-18-19(13-16)29(4)26(33)28(18)3/h6-14,22H,5H2,1-4H3/b20-14-/t22-/m0/s1. The molecule has 5 rings (SSSR count). The molecule has 1 aliphatic rings. The zero-order valence-electron chi connectivity index (χ0n) is 19.8. The van der Waals surface area contributed by atoms with Gasteiger partial charge in [-0.3, -0.25) is 18.5 Å². The number of allylic oxidation sites excluding steroid dienone is 1. The van der Waals surface area contributed by atoms with Gasteiger partial charge >= 0.3 is 11.7 Å². The molecule has 0 saturated carbocycles. The highest BCUT2D eigenvalue weighted by Crippen LogP contribution is 2.30. The van der Waals surface area contributed by atoms with E-state index < -0.39 is 12.0 Å². The first-order chi connectivity index (χ1) is 16.8. The fraction of sp³-hybridized carbons (Fsp3) is 0.231. The first kappa shape index (κ1) is 22.8. The van der Waals surface area contributed by atoms with Gasteiger partial charge in [0.05, 0.1) is 39.5 Å². The molecule has 3 heterocycles. The Morgan fingerprint density at radius 2 is 1.80 bits per heavy atom. The summed E-state index contributed by atoms with van der Waals surface area (Å²) in [5, 5.41) is 0. The van der Waals surface area contributed by atoms with Crippen LogP contribution in [0.4, 0.5) is 0 Å². The first-order valence-corrected chi connectivity index (χ1v) is 12.0. The van der Waals surface area contributed by atoms with Crippen molar-refractivity contribution in [1.29, 1.82) is 0 Å². The molecular formula is C26H24N4O4S. The molecule has 8 nitrogen and oxygen atoms in total. The number of carbonyl (C=O) groups excluding carboxylic acids is 1. The molecule has 2 aromatic carbocycles. The second-order valence-corrected chi connectivity index (χ2v) is 9.37. The Morgan fingerprint density at radius 3 is 2.51 bits per heavy atom. The zero-order chi connectivity index (χ0) is 24.9. The Labute approximate surface area is 204 Å². The average Bonchev–Trinajstić information content (AvgIpc) is 3.26. The normalized spacial score (nSPS) is 15.9. The highest BCUT2D eigenvalue weighted by molar-refractivity contribution is 7.07. The number of carbonyl (C=O) groups is 1. The van der Waals surface area contributed by atoms with Crippen LogP contribution in [0, 0.1) is 0 Å². The molecule has 0 aliphatic carbocycles. The van der Waals surface area contributed by atoms with Crippen molar-refractivity contribution in [1.82, 2.24) is 13.7 Å². The van der Waals surface area contributed by atoms with E-state index >= 15 is 0 Å². The van der Waals surface area contributed by atoms with E-state index in [1.165, 1.54) is 11.3 Å². The summed E-state index contributed by atoms with van der Waals surface area (Å²) in [6, 6.07) is 14.4. The zero-order valence-corrected chi connectivity index (χ0v) is 20.6. The van der Waals surface area contributed by atoms with Gasteiger partial charge in [0.1, 0.15) is 0 Å². The molecule has 0 bridgehead atoms. The van der Waals surface area contributed by atoms with Crippen LogP contribution in [0.5, 0.6) is 0 Å². The lowest BCUT2D eigenvalue weighted by Crippen LogP contribution is -2.39. The lowest BCUT2D eigenvalue weighted by molar-refractivity contribution is -0.139. The van der Waals surface area contributed by atoms with Crippen molar-refractivity contribution in [2.45, 2.75) is 19.9 Å². The number of ether oxygens (including phenoxy) is 1. The van der Waals surface area contributed by atoms with Gasteiger partial charge < -0.3 is 4.74 Å². The van der Waals surface area contributed by atoms with Gasteiger partial charge in [0.2, 0.25) is 0 Å². The summed E-state index contributed by atoms with van der Waals surface area (Å²) in [4.78, 5) is 44.0. The van der Waals surface area contributed by atoms with Crippen LogP contribution in [0.25, 0.3) is 17.1 Å². The van der Waals surface area contributed by atoms with E-state index in [9.17, 15) is 14.4 Å². The number of nitrogens with zero attached hydrogens (tertiary/aromatic N) is 4. The number of aromatic nitrogens is 3. The SMILES string of the molecule is CCOC(=O)C1=C(C)N=c2s/c(=C\c3ccc4c(c3)n(C)c(=O)n4C)c(=O)n2[C@H]1c1ccccc1. The highest BCUT2D eigenvalue weighted by atomic mass is 32.1. The molecule has 0 N–H and O–H groups in total. The van der Waals surface area contributed by atoms with Gasteiger partial charge in [-0.1, -0.05) is 47.7 Å². The Bertz CT molecular complexity index is 1750. The van der Waals surface area contributed by atoms with Crippen molar-refractivity contribution in [3.05, 3.63) is 101 Å². The summed E-state index contributed by atoms with van der Waals surface area (Å²) in [5.41, 5.74) is 3.74. The quantitative estimate of drug-likeness (QED) is 0.411. The van der Waals surface area contributed by atoms with Crippen molar-refractivity contribution in [3.63, 3.8) is 0 Å². The average molecular weight is 489 g/mol. The summed E-state index contributed by atoms with van der Waals surface area (Å²) in [5.74, 6) is -0.479. The largest absolute Gasteiger partial charge is 0.463 e. The van der Waals surface area contributed by atoms with Crippen LogP contribution in [-0.4, -0.2) is 26.3 Å². The van der Waals surface area contributed by atoms with Crippen LogP contribution in [0.15, 0.2) is 74.4 Å². The maximum absolute atomic E-state index is 13.7. The van der Waals surface area contributed by atoms with Crippen LogP contribution < -0.4 is 20.6 Å². The van der Waals surface area contributed by atoms with Gasteiger partial charge in [-0.05, 0) is 43.2 Å². The summed E-state index contributed by atoms with van der Waals surface area (Å²) in [7, 11) is 3.46. The minimum absolute atomic E-state index is 0.110. The molecule has 178 valence electrons. The molecule has 0 radical (unpaired) electrons. The number of rotatable bonds is 4. The number of aryl methyl sites for hydroxylation is 2. The number of hydrogen-bond donors (Lipinski definition) is 0. The lowest BCUT2D eigenvalue weighted by Gasteiger charge is -2.24. The Balaban J connectivity index is 1.72. The molecule has 4 aromatic rings. The molecule has 2 aromatic heterocycles. The number of imidazole rings is 1. The van der Waals surface area contributed by atoms with Crippen molar-refractivity contribution in [2.24, 2.45) is 19.1 Å². The Hall–Kier alpha value is -3.98. The number of hydrogen-bond acceptors (Lipinski definition) is 6. The number of fused-ring (bicyclic) bond motifs is 2. The van der Waals surface area contributed by atoms with E-state index in [0.717, 1.165) is 22.2 Å². The van der Waals surface area contributed by atoms with Crippen molar-refractivity contribution in [2.75, 3.05) is 6.61 Å². The fourth-order valence-corrected chi connectivity index (χ4v) is 5.55. The van der Waals surface area contributed by atoms with E-state index in [1.54, 1.807) is 47.7 Å². The van der Waals surface area contributed by atoms with E-state index in [0.29, 0.717) is 20.6 Å². The van der Waals surface area contributed by atoms with Crippen molar-refractivity contribution < 1.29 is 9.53 Å². The van der Waals surface area contributed by atoms with Gasteiger partial charge in [0, 0.05) is 14.1 Å². The Morgan fingerprint density at radius 1 is 1.09 bits per heavy atom. The highest BCUT2D eigenvalue weighted by Gasteiger charge is 2.33. The molecule has 1 aliphatic heterocycles. The van der Waals surface area contributed by atoms with Crippen LogP contribution >= 0.6 is 11.3 Å². The summed E-state index contributed by atoms with van der Waals surface area (Å²) < 4.78 is 10.6. The van der Waals surface area contributed by atoms with Crippen LogP contribution in [0.1, 0.15) is 31.0 Å². The minimum atomic E-state index is -0.633.